The molecule has 0 saturated carbocycles. The van der Waals surface area contributed by atoms with Crippen LogP contribution in [0.15, 0.2) is 17.5 Å². The van der Waals surface area contributed by atoms with Crippen LogP contribution in [-0.4, -0.2) is 47.2 Å². The predicted octanol–water partition coefficient (Wildman–Crippen LogP) is 1.94. The number of thiophene rings is 1. The molecular weight excluding hydrogens is 280 g/mol. The minimum atomic E-state index is 0.149. The summed E-state index contributed by atoms with van der Waals surface area (Å²) in [7, 11) is 0. The lowest BCUT2D eigenvalue weighted by Gasteiger charge is -2.33. The average Bonchev–Trinajstić information content (AvgIpc) is 3.10. The molecule has 3 rings (SSSR count). The molecule has 5 nitrogen and oxygen atoms in total. The van der Waals surface area contributed by atoms with Gasteiger partial charge in [-0.05, 0) is 11.4 Å². The number of nitrogens with zero attached hydrogens (tertiary/aromatic N) is 4. The highest BCUT2D eigenvalue weighted by molar-refractivity contribution is 7.22. The van der Waals surface area contributed by atoms with Crippen LogP contribution in [0.5, 0.6) is 0 Å². The lowest BCUT2D eigenvalue weighted by atomic mass is 10.3. The minimum absolute atomic E-state index is 0.149. The van der Waals surface area contributed by atoms with E-state index in [1.165, 1.54) is 0 Å². The van der Waals surface area contributed by atoms with Crippen LogP contribution in [0, 0.1) is 0 Å². The Morgan fingerprint density at radius 2 is 2.05 bits per heavy atom. The number of hydrogen-bond donors (Lipinski definition) is 0. The number of anilines is 1. The quantitative estimate of drug-likeness (QED) is 0.849. The van der Waals surface area contributed by atoms with Crippen molar-refractivity contribution < 1.29 is 4.79 Å². The number of amides is 1. The number of aromatic nitrogens is 2. The average molecular weight is 294 g/mol. The van der Waals surface area contributed by atoms with Crippen LogP contribution in [0.2, 0.25) is 0 Å². The molecule has 3 heterocycles. The van der Waals surface area contributed by atoms with Crippen LogP contribution < -0.4 is 4.90 Å². The molecule has 1 aliphatic heterocycles. The molecule has 1 saturated heterocycles. The Labute approximate surface area is 119 Å². The molecule has 2 aromatic heterocycles. The molecule has 1 amide bonds. The third kappa shape index (κ3) is 2.62. The van der Waals surface area contributed by atoms with Crippen molar-refractivity contribution in [3.05, 3.63) is 17.5 Å². The Bertz CT molecular complexity index is 558. The van der Waals surface area contributed by atoms with Gasteiger partial charge in [0.15, 0.2) is 5.01 Å². The van der Waals surface area contributed by atoms with E-state index in [9.17, 15) is 4.79 Å². The fourth-order valence-corrected chi connectivity index (χ4v) is 3.74. The van der Waals surface area contributed by atoms with Gasteiger partial charge >= 0.3 is 0 Å². The maximum absolute atomic E-state index is 11.3. The number of hydrogen-bond acceptors (Lipinski definition) is 6. The van der Waals surface area contributed by atoms with Crippen molar-refractivity contribution in [2.45, 2.75) is 6.92 Å². The predicted molar refractivity (Wildman–Crippen MR) is 77.7 cm³/mol. The molecule has 7 heteroatoms. The van der Waals surface area contributed by atoms with Gasteiger partial charge in [-0.1, -0.05) is 17.4 Å². The van der Waals surface area contributed by atoms with Gasteiger partial charge in [-0.25, -0.2) is 0 Å². The van der Waals surface area contributed by atoms with Gasteiger partial charge in [-0.2, -0.15) is 0 Å². The standard InChI is InChI=1S/C12H14N4OS2/c1-9(17)15-4-6-16(7-5-15)12-14-13-11(19-12)10-3-2-8-18-10/h2-3,8H,4-7H2,1H3. The third-order valence-corrected chi connectivity index (χ3v) is 5.16. The van der Waals surface area contributed by atoms with E-state index >= 15 is 0 Å². The highest BCUT2D eigenvalue weighted by atomic mass is 32.1. The maximum atomic E-state index is 11.3. The second kappa shape index (κ2) is 5.26. The fraction of sp³-hybridized carbons (Fsp3) is 0.417. The Kier molecular flexibility index (Phi) is 3.48. The monoisotopic (exact) mass is 294 g/mol. The topological polar surface area (TPSA) is 49.3 Å². The number of piperazine rings is 1. The fourth-order valence-electron chi connectivity index (χ4n) is 2.06. The number of rotatable bonds is 2. The van der Waals surface area contributed by atoms with E-state index in [0.29, 0.717) is 0 Å². The van der Waals surface area contributed by atoms with Gasteiger partial charge in [0.1, 0.15) is 0 Å². The molecule has 0 atom stereocenters. The first-order chi connectivity index (χ1) is 9.24. The van der Waals surface area contributed by atoms with Crippen LogP contribution in [0.4, 0.5) is 5.13 Å². The van der Waals surface area contributed by atoms with Gasteiger partial charge in [-0.3, -0.25) is 4.79 Å². The van der Waals surface area contributed by atoms with Crippen molar-refractivity contribution in [3.8, 4) is 9.88 Å². The third-order valence-electron chi connectivity index (χ3n) is 3.14. The Morgan fingerprint density at radius 1 is 1.26 bits per heavy atom. The molecule has 1 aliphatic rings. The maximum Gasteiger partial charge on any atom is 0.219 e. The first-order valence-corrected chi connectivity index (χ1v) is 7.81. The molecule has 0 spiro atoms. The SMILES string of the molecule is CC(=O)N1CCN(c2nnc(-c3cccs3)s2)CC1. The largest absolute Gasteiger partial charge is 0.343 e. The molecule has 100 valence electrons. The van der Waals surface area contributed by atoms with Gasteiger partial charge in [0.2, 0.25) is 11.0 Å². The van der Waals surface area contributed by atoms with Crippen molar-refractivity contribution >= 4 is 33.7 Å². The van der Waals surface area contributed by atoms with E-state index in [0.717, 1.165) is 41.2 Å². The van der Waals surface area contributed by atoms with E-state index < -0.39 is 0 Å². The van der Waals surface area contributed by atoms with Crippen LogP contribution in [0.1, 0.15) is 6.92 Å². The number of carbonyl (C=O) groups excluding carboxylic acids is 1. The molecule has 0 aromatic carbocycles. The summed E-state index contributed by atoms with van der Waals surface area (Å²) < 4.78 is 0. The summed E-state index contributed by atoms with van der Waals surface area (Å²) in [5.74, 6) is 0.149. The minimum Gasteiger partial charge on any atom is -0.343 e. The van der Waals surface area contributed by atoms with E-state index in [-0.39, 0.29) is 5.91 Å². The molecule has 0 aliphatic carbocycles. The highest BCUT2D eigenvalue weighted by Crippen LogP contribution is 2.31. The van der Waals surface area contributed by atoms with Crippen LogP contribution in [0.25, 0.3) is 9.88 Å². The van der Waals surface area contributed by atoms with Crippen molar-refractivity contribution in [1.82, 2.24) is 15.1 Å². The van der Waals surface area contributed by atoms with Crippen molar-refractivity contribution in [2.75, 3.05) is 31.1 Å². The van der Waals surface area contributed by atoms with Crippen molar-refractivity contribution in [2.24, 2.45) is 0 Å². The van der Waals surface area contributed by atoms with Gasteiger partial charge in [0.05, 0.1) is 4.88 Å². The molecule has 0 unspecified atom stereocenters. The van der Waals surface area contributed by atoms with Gasteiger partial charge in [0.25, 0.3) is 0 Å². The second-order valence-corrected chi connectivity index (χ2v) is 6.26. The van der Waals surface area contributed by atoms with Crippen LogP contribution in [-0.2, 0) is 4.79 Å². The summed E-state index contributed by atoms with van der Waals surface area (Å²) in [6, 6.07) is 4.08. The summed E-state index contributed by atoms with van der Waals surface area (Å²) in [4.78, 5) is 16.5. The second-order valence-electron chi connectivity index (χ2n) is 4.36. The Hall–Kier alpha value is -1.47. The normalized spacial score (nSPS) is 15.8. The molecule has 0 N–H and O–H groups in total. The van der Waals surface area contributed by atoms with Gasteiger partial charge in [-0.15, -0.1) is 21.5 Å². The molecule has 19 heavy (non-hydrogen) atoms. The zero-order chi connectivity index (χ0) is 13.2. The summed E-state index contributed by atoms with van der Waals surface area (Å²) in [5, 5.41) is 12.5. The smallest absolute Gasteiger partial charge is 0.219 e. The van der Waals surface area contributed by atoms with E-state index in [1.54, 1.807) is 29.6 Å². The van der Waals surface area contributed by atoms with Crippen LogP contribution in [0.3, 0.4) is 0 Å². The summed E-state index contributed by atoms with van der Waals surface area (Å²) in [6.07, 6.45) is 0. The summed E-state index contributed by atoms with van der Waals surface area (Å²) in [6.45, 7) is 4.82. The lowest BCUT2D eigenvalue weighted by Crippen LogP contribution is -2.48. The van der Waals surface area contributed by atoms with Crippen molar-refractivity contribution in [3.63, 3.8) is 0 Å². The molecule has 0 radical (unpaired) electrons. The molecular formula is C12H14N4OS2. The highest BCUT2D eigenvalue weighted by Gasteiger charge is 2.21. The zero-order valence-corrected chi connectivity index (χ0v) is 12.2. The van der Waals surface area contributed by atoms with Crippen molar-refractivity contribution in [1.29, 1.82) is 0 Å². The number of carbonyl (C=O) groups is 1. The van der Waals surface area contributed by atoms with Gasteiger partial charge in [0, 0.05) is 33.1 Å². The molecule has 0 bridgehead atoms. The zero-order valence-electron chi connectivity index (χ0n) is 10.6. The Balaban J connectivity index is 1.69. The van der Waals surface area contributed by atoms with Gasteiger partial charge < -0.3 is 9.80 Å². The summed E-state index contributed by atoms with van der Waals surface area (Å²) in [5.41, 5.74) is 0. The van der Waals surface area contributed by atoms with E-state index in [4.69, 9.17) is 0 Å². The van der Waals surface area contributed by atoms with Crippen LogP contribution >= 0.6 is 22.7 Å². The Morgan fingerprint density at radius 3 is 2.68 bits per heavy atom. The first kappa shape index (κ1) is 12.6. The lowest BCUT2D eigenvalue weighted by molar-refractivity contribution is -0.129. The first-order valence-electron chi connectivity index (χ1n) is 6.12. The molecule has 2 aromatic rings. The molecule has 1 fully saturated rings. The summed E-state index contributed by atoms with van der Waals surface area (Å²) >= 11 is 3.29. The van der Waals surface area contributed by atoms with E-state index in [2.05, 4.69) is 21.2 Å². The van der Waals surface area contributed by atoms with E-state index in [1.807, 2.05) is 16.3 Å².